The Morgan fingerprint density at radius 1 is 0.101 bits per heavy atom. The van der Waals surface area contributed by atoms with Crippen LogP contribution in [0.5, 0.6) is 0 Å². The summed E-state index contributed by atoms with van der Waals surface area (Å²) in [4.78, 5) is 0. The van der Waals surface area contributed by atoms with Crippen molar-refractivity contribution in [2.45, 2.75) is 0 Å². The molecule has 0 amide bonds. The zero-order valence-corrected chi connectivity index (χ0v) is 77.9. The van der Waals surface area contributed by atoms with Crippen LogP contribution in [0, 0.1) is 0 Å². The van der Waals surface area contributed by atoms with Gasteiger partial charge in [-0.25, -0.2) is 0 Å². The van der Waals surface area contributed by atoms with Crippen molar-refractivity contribution in [1.29, 1.82) is 0 Å². The maximum absolute atomic E-state index is 2.67. The third-order valence-corrected chi connectivity index (χ3v) is 38.1. The summed E-state index contributed by atoms with van der Waals surface area (Å²) in [7, 11) is -5.27. The Hall–Kier alpha value is -17.5. The standard InChI is InChI=1S/2C66H46N2Si/c1-5-22-53(23-6-1)67-63-33-15-13-31-59(63)61-45-51(37-41-65(61)67)52-38-42-66-62(46-52)60-32-14-16-34-64(60)68(66)54-39-35-47(36-40-54)48-19-17-20-49(43-48)50-21-18-30-58(44-50)69(55-24-7-2-8-25-55,56-26-9-3-10-27-56)57-28-11-4-12-29-57;1-5-20-53(21-6-1)67-63-30-15-13-28-59(63)61-45-51(36-42-65(61)67)52-37-43-66-62(46-52)60-29-14-16-31-64(60)68(66)54-38-32-47(33-39-54)49-18-17-19-50(44-49)48-34-40-58(41-35-48)69(55-22-7-2-8-23-55,56-24-9-3-10-25-56)57-26-11-4-12-27-57/h2*1-46H. The number of rotatable bonds is 18. The quantitative estimate of drug-likeness (QED) is 0.0603. The van der Waals surface area contributed by atoms with Crippen LogP contribution < -0.4 is 41.5 Å². The highest BCUT2D eigenvalue weighted by molar-refractivity contribution is 7.20. The van der Waals surface area contributed by atoms with Crippen molar-refractivity contribution in [1.82, 2.24) is 18.3 Å². The molecule has 0 unspecified atom stereocenters. The molecule has 6 heteroatoms. The van der Waals surface area contributed by atoms with E-state index in [9.17, 15) is 0 Å². The Kier molecular flexibility index (Phi) is 21.0. The number of para-hydroxylation sites is 6. The molecule has 0 aliphatic heterocycles. The van der Waals surface area contributed by atoms with Crippen molar-refractivity contribution in [3.63, 3.8) is 0 Å². The molecule has 0 saturated heterocycles. The molecule has 0 spiro atoms. The second kappa shape index (κ2) is 35.1. The molecule has 0 atom stereocenters. The molecule has 0 aliphatic carbocycles. The Bertz CT molecular complexity index is 8810. The lowest BCUT2D eigenvalue weighted by Crippen LogP contribution is -2.74. The summed E-state index contributed by atoms with van der Waals surface area (Å²) >= 11 is 0. The van der Waals surface area contributed by atoms with Gasteiger partial charge in [-0.2, -0.15) is 0 Å². The van der Waals surface area contributed by atoms with E-state index in [4.69, 9.17) is 0 Å². The van der Waals surface area contributed by atoms with Crippen LogP contribution in [0.1, 0.15) is 0 Å². The molecule has 0 saturated carbocycles. The Morgan fingerprint density at radius 2 is 0.283 bits per heavy atom. The lowest BCUT2D eigenvalue weighted by molar-refractivity contribution is 1.18. The van der Waals surface area contributed by atoms with Gasteiger partial charge in [0.25, 0.3) is 0 Å². The van der Waals surface area contributed by atoms with Crippen LogP contribution in [0.2, 0.25) is 0 Å². The predicted molar refractivity (Wildman–Crippen MR) is 590 cm³/mol. The van der Waals surface area contributed by atoms with E-state index in [-0.39, 0.29) is 0 Å². The highest BCUT2D eigenvalue weighted by Crippen LogP contribution is 2.43. The van der Waals surface area contributed by atoms with Crippen molar-refractivity contribution in [2.75, 3.05) is 0 Å². The summed E-state index contributed by atoms with van der Waals surface area (Å²) in [6.07, 6.45) is 0. The second-order valence-electron chi connectivity index (χ2n) is 36.1. The molecule has 4 nitrogen and oxygen atoms in total. The van der Waals surface area contributed by atoms with Crippen LogP contribution in [-0.4, -0.2) is 34.4 Å². The average Bonchev–Trinajstić information content (AvgIpc) is 1.04. The van der Waals surface area contributed by atoms with Gasteiger partial charge in [-0.05, 0) is 242 Å². The van der Waals surface area contributed by atoms with Crippen LogP contribution in [0.25, 0.3) is 177 Å². The molecule has 0 fully saturated rings. The molecule has 4 heterocycles. The molecule has 648 valence electrons. The lowest BCUT2D eigenvalue weighted by Gasteiger charge is -2.34. The molecule has 0 aliphatic rings. The Balaban J connectivity index is 0.000000146. The smallest absolute Gasteiger partial charge is 0.179 e. The minimum atomic E-state index is -2.67. The van der Waals surface area contributed by atoms with Gasteiger partial charge in [0.05, 0.1) is 44.1 Å². The average molecular weight is 1790 g/mol. The molecule has 26 rings (SSSR count). The van der Waals surface area contributed by atoms with Crippen LogP contribution in [0.15, 0.2) is 558 Å². The van der Waals surface area contributed by atoms with Gasteiger partial charge in [0.15, 0.2) is 16.1 Å². The van der Waals surface area contributed by atoms with Gasteiger partial charge < -0.3 is 18.3 Å². The summed E-state index contributed by atoms with van der Waals surface area (Å²) in [5.74, 6) is 0. The summed E-state index contributed by atoms with van der Waals surface area (Å²) < 4.78 is 9.58. The van der Waals surface area contributed by atoms with E-state index < -0.39 is 16.1 Å². The van der Waals surface area contributed by atoms with Crippen molar-refractivity contribution in [3.05, 3.63) is 558 Å². The molecule has 0 N–H and O–H groups in total. The van der Waals surface area contributed by atoms with Gasteiger partial charge in [-0.15, -0.1) is 0 Å². The number of fused-ring (bicyclic) bond motifs is 12. The summed E-state index contributed by atoms with van der Waals surface area (Å²) in [5, 5.41) is 21.0. The summed E-state index contributed by atoms with van der Waals surface area (Å²) in [5.41, 5.74) is 28.7. The first-order valence-electron chi connectivity index (χ1n) is 47.7. The minimum Gasteiger partial charge on any atom is -0.309 e. The number of benzene rings is 22. The van der Waals surface area contributed by atoms with Crippen LogP contribution >= 0.6 is 0 Å². The highest BCUT2D eigenvalue weighted by Gasteiger charge is 2.43. The topological polar surface area (TPSA) is 19.7 Å². The van der Waals surface area contributed by atoms with E-state index in [1.807, 2.05) is 0 Å². The van der Waals surface area contributed by atoms with E-state index in [0.717, 1.165) is 11.4 Å². The molecule has 4 aromatic heterocycles. The van der Waals surface area contributed by atoms with Gasteiger partial charge >= 0.3 is 0 Å². The van der Waals surface area contributed by atoms with Crippen LogP contribution in [0.4, 0.5) is 0 Å². The summed E-state index contributed by atoms with van der Waals surface area (Å²) in [6, 6.07) is 206. The second-order valence-corrected chi connectivity index (χ2v) is 43.7. The number of nitrogens with zero attached hydrogens (tertiary/aromatic N) is 4. The molecular weight excluding hydrogens is 1700 g/mol. The van der Waals surface area contributed by atoms with Crippen LogP contribution in [0.3, 0.4) is 0 Å². The zero-order chi connectivity index (χ0) is 91.5. The van der Waals surface area contributed by atoms with E-state index in [2.05, 4.69) is 576 Å². The minimum absolute atomic E-state index is 1.14. The van der Waals surface area contributed by atoms with E-state index >= 15 is 0 Å². The number of aromatic nitrogens is 4. The SMILES string of the molecule is c1ccc(-n2c3ccccc3c3cc(-c4ccc5c(c4)c4ccccc4n5-c4ccc(-c5cccc(-c6ccc([Si](c7ccccc7)(c7ccccc7)c7ccccc7)cc6)c5)cc4)ccc32)cc1.c1ccc(-n2c3ccccc3c3cc(-c4ccc5c(c4)c4ccccc4n5-c4ccc(-c5cccc(-c6cccc([Si](c7ccccc7)(c7ccccc7)c7ccccc7)c6)c5)cc4)ccc32)cc1. The third kappa shape index (κ3) is 14.3. The maximum atomic E-state index is 2.46. The maximum Gasteiger partial charge on any atom is 0.179 e. The monoisotopic (exact) mass is 1790 g/mol. The molecule has 0 bridgehead atoms. The number of hydrogen-bond donors (Lipinski definition) is 0. The highest BCUT2D eigenvalue weighted by atomic mass is 28.3. The normalized spacial score (nSPS) is 11.8. The predicted octanol–water partition coefficient (Wildman–Crippen LogP) is 28.5. The largest absolute Gasteiger partial charge is 0.309 e. The lowest BCUT2D eigenvalue weighted by atomic mass is 9.99. The number of hydrogen-bond acceptors (Lipinski definition) is 0. The van der Waals surface area contributed by atoms with Crippen molar-refractivity contribution in [3.8, 4) is 89.5 Å². The summed E-state index contributed by atoms with van der Waals surface area (Å²) in [6.45, 7) is 0. The molecule has 0 radical (unpaired) electrons. The fourth-order valence-corrected chi connectivity index (χ4v) is 31.8. The first-order valence-corrected chi connectivity index (χ1v) is 51.7. The first-order chi connectivity index (χ1) is 68.4. The zero-order valence-electron chi connectivity index (χ0n) is 75.9. The van der Waals surface area contributed by atoms with Gasteiger partial charge in [-0.1, -0.05) is 425 Å². The third-order valence-electron chi connectivity index (χ3n) is 28.5. The van der Waals surface area contributed by atoms with E-state index in [0.29, 0.717) is 0 Å². The molecule has 26 aromatic rings. The first kappa shape index (κ1) is 82.4. The fourth-order valence-electron chi connectivity index (χ4n) is 22.2. The Morgan fingerprint density at radius 3 is 0.565 bits per heavy atom. The van der Waals surface area contributed by atoms with Gasteiger partial charge in [0.2, 0.25) is 0 Å². The van der Waals surface area contributed by atoms with E-state index in [1.165, 1.54) is 207 Å². The van der Waals surface area contributed by atoms with Gasteiger partial charge in [-0.3, -0.25) is 0 Å². The fraction of sp³-hybridized carbons (Fsp3) is 0. The van der Waals surface area contributed by atoms with Crippen LogP contribution in [-0.2, 0) is 0 Å². The van der Waals surface area contributed by atoms with Crippen molar-refractivity contribution < 1.29 is 0 Å². The van der Waals surface area contributed by atoms with Crippen molar-refractivity contribution in [2.24, 2.45) is 0 Å². The molecular formula is C132H92N4Si2. The van der Waals surface area contributed by atoms with Gasteiger partial charge in [0, 0.05) is 65.8 Å². The molecule has 138 heavy (non-hydrogen) atoms. The van der Waals surface area contributed by atoms with Gasteiger partial charge in [0.1, 0.15) is 0 Å². The van der Waals surface area contributed by atoms with E-state index in [1.54, 1.807) is 0 Å². The van der Waals surface area contributed by atoms with Crippen molar-refractivity contribution >= 4 is 145 Å². The molecule has 22 aromatic carbocycles. The Labute approximate surface area is 804 Å².